The molecule has 0 aliphatic rings. The summed E-state index contributed by atoms with van der Waals surface area (Å²) < 4.78 is 5.20. The van der Waals surface area contributed by atoms with Crippen molar-refractivity contribution in [3.63, 3.8) is 0 Å². The first-order chi connectivity index (χ1) is 11.7. The molecule has 2 unspecified atom stereocenters. The number of amides is 1. The zero-order valence-electron chi connectivity index (χ0n) is 14.7. The van der Waals surface area contributed by atoms with Gasteiger partial charge in [0.15, 0.2) is 0 Å². The van der Waals surface area contributed by atoms with Gasteiger partial charge in [-0.15, -0.1) is 12.4 Å². The summed E-state index contributed by atoms with van der Waals surface area (Å²) in [4.78, 5) is 12.3. The maximum atomic E-state index is 12.3. The van der Waals surface area contributed by atoms with Crippen molar-refractivity contribution in [3.05, 3.63) is 71.8 Å². The first-order valence-electron chi connectivity index (χ1n) is 8.27. The molecular formula is C20H27ClN2O2. The number of carbonyl (C=O) groups excluding carboxylic acids is 1. The number of benzene rings is 2. The Labute approximate surface area is 156 Å². The largest absolute Gasteiger partial charge is 0.380 e. The highest BCUT2D eigenvalue weighted by molar-refractivity contribution is 5.85. The number of nitrogens with two attached hydrogens (primary N) is 1. The number of nitrogens with one attached hydrogen (secondary N) is 1. The minimum absolute atomic E-state index is 0. The van der Waals surface area contributed by atoms with Crippen LogP contribution < -0.4 is 11.1 Å². The van der Waals surface area contributed by atoms with E-state index in [2.05, 4.69) is 29.6 Å². The van der Waals surface area contributed by atoms with Crippen molar-refractivity contribution in [1.82, 2.24) is 5.32 Å². The van der Waals surface area contributed by atoms with E-state index in [1.807, 2.05) is 43.3 Å². The Hall–Kier alpha value is -1.88. The van der Waals surface area contributed by atoms with E-state index in [-0.39, 0.29) is 42.8 Å². The average Bonchev–Trinajstić information content (AvgIpc) is 2.61. The van der Waals surface area contributed by atoms with Crippen LogP contribution in [0.5, 0.6) is 0 Å². The Morgan fingerprint density at radius 2 is 1.52 bits per heavy atom. The molecule has 0 aliphatic heterocycles. The van der Waals surface area contributed by atoms with Crippen LogP contribution in [0, 0.1) is 0 Å². The molecule has 2 rings (SSSR count). The summed E-state index contributed by atoms with van der Waals surface area (Å²) in [5.74, 6) is 0.0480. The van der Waals surface area contributed by atoms with E-state index in [1.54, 1.807) is 7.11 Å². The van der Waals surface area contributed by atoms with Gasteiger partial charge in [-0.1, -0.05) is 60.7 Å². The summed E-state index contributed by atoms with van der Waals surface area (Å²) in [5.41, 5.74) is 7.96. The van der Waals surface area contributed by atoms with Crippen molar-refractivity contribution < 1.29 is 9.53 Å². The summed E-state index contributed by atoms with van der Waals surface area (Å²) in [6.45, 7) is 2.37. The third-order valence-electron chi connectivity index (χ3n) is 4.22. The molecule has 2 atom stereocenters. The number of carbonyl (C=O) groups is 1. The molecule has 25 heavy (non-hydrogen) atoms. The number of ether oxygens (including phenoxy) is 1. The molecule has 0 aromatic heterocycles. The van der Waals surface area contributed by atoms with Gasteiger partial charge < -0.3 is 15.8 Å². The van der Waals surface area contributed by atoms with Gasteiger partial charge in [0.1, 0.15) is 0 Å². The Morgan fingerprint density at radius 3 is 1.92 bits per heavy atom. The van der Waals surface area contributed by atoms with Gasteiger partial charge in [0.05, 0.1) is 12.5 Å². The smallest absolute Gasteiger partial charge is 0.222 e. The molecule has 0 saturated carbocycles. The van der Waals surface area contributed by atoms with Crippen LogP contribution in [0.25, 0.3) is 0 Å². The Bertz CT molecular complexity index is 579. The summed E-state index contributed by atoms with van der Waals surface area (Å²) in [5, 5.41) is 3.10. The molecule has 0 saturated heterocycles. The van der Waals surface area contributed by atoms with Gasteiger partial charge in [0.2, 0.25) is 5.91 Å². The summed E-state index contributed by atoms with van der Waals surface area (Å²) in [7, 11) is 1.57. The molecular weight excluding hydrogens is 336 g/mol. The number of rotatable bonds is 8. The van der Waals surface area contributed by atoms with Gasteiger partial charge in [-0.25, -0.2) is 0 Å². The molecule has 3 N–H and O–H groups in total. The lowest BCUT2D eigenvalue weighted by Crippen LogP contribution is -2.40. The molecule has 0 fully saturated rings. The zero-order chi connectivity index (χ0) is 17.4. The lowest BCUT2D eigenvalue weighted by molar-refractivity contribution is -0.124. The maximum absolute atomic E-state index is 12.3. The summed E-state index contributed by atoms with van der Waals surface area (Å²) >= 11 is 0. The van der Waals surface area contributed by atoms with Gasteiger partial charge in [-0.3, -0.25) is 4.79 Å². The molecule has 0 bridgehead atoms. The molecule has 5 heteroatoms. The van der Waals surface area contributed by atoms with E-state index in [9.17, 15) is 4.79 Å². The molecule has 0 radical (unpaired) electrons. The number of methoxy groups -OCH3 is 1. The van der Waals surface area contributed by atoms with Crippen molar-refractivity contribution in [2.75, 3.05) is 13.7 Å². The minimum atomic E-state index is -0.246. The standard InChI is InChI=1S/C20H26N2O2.ClH/c1-15(22-19(23)13-18(14-21)24-2)20(16-9-5-3-6-10-16)17-11-7-4-8-12-17;/h3-12,15,18,20H,13-14,21H2,1-2H3,(H,22,23);1H. The third kappa shape index (κ3) is 6.16. The van der Waals surface area contributed by atoms with E-state index in [4.69, 9.17) is 10.5 Å². The van der Waals surface area contributed by atoms with Gasteiger partial charge in [0.25, 0.3) is 0 Å². The van der Waals surface area contributed by atoms with E-state index < -0.39 is 0 Å². The van der Waals surface area contributed by atoms with Crippen molar-refractivity contribution in [2.24, 2.45) is 5.73 Å². The molecule has 136 valence electrons. The van der Waals surface area contributed by atoms with Crippen LogP contribution in [0.1, 0.15) is 30.4 Å². The molecule has 0 spiro atoms. The quantitative estimate of drug-likeness (QED) is 0.758. The second-order valence-electron chi connectivity index (χ2n) is 5.95. The first-order valence-corrected chi connectivity index (χ1v) is 8.27. The predicted octanol–water partition coefficient (Wildman–Crippen LogP) is 3.11. The van der Waals surface area contributed by atoms with Crippen molar-refractivity contribution in [1.29, 1.82) is 0 Å². The van der Waals surface area contributed by atoms with Crippen LogP contribution in [0.15, 0.2) is 60.7 Å². The lowest BCUT2D eigenvalue weighted by Gasteiger charge is -2.26. The van der Waals surface area contributed by atoms with Crippen LogP contribution in [-0.2, 0) is 9.53 Å². The fourth-order valence-corrected chi connectivity index (χ4v) is 2.96. The van der Waals surface area contributed by atoms with E-state index in [1.165, 1.54) is 11.1 Å². The first kappa shape index (κ1) is 21.2. The summed E-state index contributed by atoms with van der Waals surface area (Å²) in [6.07, 6.45) is 0.0253. The van der Waals surface area contributed by atoms with Crippen LogP contribution in [0.4, 0.5) is 0 Å². The van der Waals surface area contributed by atoms with Gasteiger partial charge in [-0.05, 0) is 18.1 Å². The molecule has 0 aliphatic carbocycles. The third-order valence-corrected chi connectivity index (χ3v) is 4.22. The van der Waals surface area contributed by atoms with E-state index >= 15 is 0 Å². The highest BCUT2D eigenvalue weighted by atomic mass is 35.5. The lowest BCUT2D eigenvalue weighted by atomic mass is 9.85. The minimum Gasteiger partial charge on any atom is -0.380 e. The van der Waals surface area contributed by atoms with E-state index in [0.717, 1.165) is 0 Å². The van der Waals surface area contributed by atoms with Crippen LogP contribution in [0.3, 0.4) is 0 Å². The molecule has 1 amide bonds. The second-order valence-corrected chi connectivity index (χ2v) is 5.95. The van der Waals surface area contributed by atoms with Crippen LogP contribution in [-0.4, -0.2) is 31.7 Å². The van der Waals surface area contributed by atoms with Crippen molar-refractivity contribution in [2.45, 2.75) is 31.4 Å². The van der Waals surface area contributed by atoms with Crippen molar-refractivity contribution in [3.8, 4) is 0 Å². The number of hydrogen-bond donors (Lipinski definition) is 2. The Morgan fingerprint density at radius 1 is 1.04 bits per heavy atom. The van der Waals surface area contributed by atoms with Crippen molar-refractivity contribution >= 4 is 18.3 Å². The normalized spacial score (nSPS) is 13.0. The van der Waals surface area contributed by atoms with Crippen LogP contribution in [0.2, 0.25) is 0 Å². The van der Waals surface area contributed by atoms with Gasteiger partial charge >= 0.3 is 0 Å². The molecule has 0 heterocycles. The fraction of sp³-hybridized carbons (Fsp3) is 0.350. The molecule has 2 aromatic carbocycles. The number of hydrogen-bond acceptors (Lipinski definition) is 3. The Balaban J connectivity index is 0.00000312. The monoisotopic (exact) mass is 362 g/mol. The van der Waals surface area contributed by atoms with Gasteiger partial charge in [0, 0.05) is 25.6 Å². The predicted molar refractivity (Wildman–Crippen MR) is 104 cm³/mol. The SMILES string of the molecule is COC(CN)CC(=O)NC(C)C(c1ccccc1)c1ccccc1.Cl. The fourth-order valence-electron chi connectivity index (χ4n) is 2.96. The highest BCUT2D eigenvalue weighted by Gasteiger charge is 2.23. The second kappa shape index (κ2) is 10.9. The zero-order valence-corrected chi connectivity index (χ0v) is 15.5. The Kier molecular flexibility index (Phi) is 9.21. The number of halogens is 1. The highest BCUT2D eigenvalue weighted by Crippen LogP contribution is 2.28. The molecule has 4 nitrogen and oxygen atoms in total. The summed E-state index contributed by atoms with van der Waals surface area (Å²) in [6, 6.07) is 20.4. The molecule has 2 aromatic rings. The average molecular weight is 363 g/mol. The van der Waals surface area contributed by atoms with Gasteiger partial charge in [-0.2, -0.15) is 0 Å². The van der Waals surface area contributed by atoms with E-state index in [0.29, 0.717) is 6.54 Å². The maximum Gasteiger partial charge on any atom is 0.222 e. The topological polar surface area (TPSA) is 64.3 Å². The van der Waals surface area contributed by atoms with Crippen LogP contribution >= 0.6 is 12.4 Å².